The monoisotopic (exact) mass is 398 g/mol. The number of anilines is 1. The average molecular weight is 399 g/mol. The normalized spacial score (nSPS) is 16.1. The lowest BCUT2D eigenvalue weighted by molar-refractivity contribution is -0.111. The Morgan fingerprint density at radius 3 is 2.54 bits per heavy atom. The van der Waals surface area contributed by atoms with Gasteiger partial charge in [-0.3, -0.25) is 9.59 Å². The predicted octanol–water partition coefficient (Wildman–Crippen LogP) is 3.58. The third-order valence-corrected chi connectivity index (χ3v) is 5.13. The van der Waals surface area contributed by atoms with Crippen molar-refractivity contribution in [3.05, 3.63) is 64.7 Å². The summed E-state index contributed by atoms with van der Waals surface area (Å²) in [5.74, 6) is 0.820. The zero-order valence-electron chi connectivity index (χ0n) is 16.0. The summed E-state index contributed by atoms with van der Waals surface area (Å²) in [6, 6.07) is 3.65. The molecular weight excluding hydrogens is 376 g/mol. The fraction of sp³-hybridized carbons (Fsp3) is 0.333. The molecule has 1 atom stereocenters. The number of aromatic nitrogens is 2. The molecule has 2 amide bonds. The van der Waals surface area contributed by atoms with Crippen molar-refractivity contribution in [2.24, 2.45) is 5.92 Å². The van der Waals surface area contributed by atoms with Crippen molar-refractivity contribution in [3.63, 3.8) is 0 Å². The summed E-state index contributed by atoms with van der Waals surface area (Å²) in [7, 11) is 0. The molecule has 6 nitrogen and oxygen atoms in total. The van der Waals surface area contributed by atoms with Gasteiger partial charge in [0.15, 0.2) is 0 Å². The number of carbonyl (C=O) groups excluding carboxylic acids is 2. The Morgan fingerprint density at radius 2 is 1.93 bits per heavy atom. The van der Waals surface area contributed by atoms with Gasteiger partial charge in [-0.15, -0.1) is 0 Å². The molecule has 0 aliphatic carbocycles. The lowest BCUT2D eigenvalue weighted by Crippen LogP contribution is -2.29. The molecule has 1 aliphatic heterocycles. The Balaban J connectivity index is 1.68. The Morgan fingerprint density at radius 1 is 1.29 bits per heavy atom. The van der Waals surface area contributed by atoms with E-state index in [1.54, 1.807) is 12.4 Å². The first kappa shape index (κ1) is 20.0. The van der Waals surface area contributed by atoms with Crippen LogP contribution in [0.4, 0.5) is 5.69 Å². The van der Waals surface area contributed by atoms with Gasteiger partial charge in [0.2, 0.25) is 5.91 Å². The van der Waals surface area contributed by atoms with Crippen LogP contribution >= 0.6 is 11.6 Å². The summed E-state index contributed by atoms with van der Waals surface area (Å²) >= 11 is 5.83. The second kappa shape index (κ2) is 8.52. The van der Waals surface area contributed by atoms with E-state index in [0.717, 1.165) is 35.5 Å². The van der Waals surface area contributed by atoms with E-state index in [2.05, 4.69) is 21.9 Å². The first-order valence-electron chi connectivity index (χ1n) is 9.17. The lowest BCUT2D eigenvalue weighted by Gasteiger charge is -2.19. The molecule has 1 fully saturated rings. The molecule has 0 spiro atoms. The zero-order valence-corrected chi connectivity index (χ0v) is 16.8. The predicted molar refractivity (Wildman–Crippen MR) is 109 cm³/mol. The van der Waals surface area contributed by atoms with E-state index in [1.165, 1.54) is 6.08 Å². The maximum atomic E-state index is 13.0. The number of hydrogen-bond acceptors (Lipinski definition) is 4. The largest absolute Gasteiger partial charge is 0.338 e. The highest BCUT2D eigenvalue weighted by Crippen LogP contribution is 2.26. The van der Waals surface area contributed by atoms with Gasteiger partial charge in [0, 0.05) is 43.2 Å². The molecule has 28 heavy (non-hydrogen) atoms. The van der Waals surface area contributed by atoms with Crippen molar-refractivity contribution in [2.45, 2.75) is 26.7 Å². The van der Waals surface area contributed by atoms with Crippen LogP contribution in [0, 0.1) is 19.8 Å². The molecular formula is C21H23ClN4O2. The van der Waals surface area contributed by atoms with Gasteiger partial charge in [-0.05, 0) is 55.5 Å². The van der Waals surface area contributed by atoms with E-state index >= 15 is 0 Å². The molecule has 2 heterocycles. The third-order valence-electron chi connectivity index (χ3n) is 4.93. The van der Waals surface area contributed by atoms with Gasteiger partial charge in [0.25, 0.3) is 5.91 Å². The minimum Gasteiger partial charge on any atom is -0.338 e. The topological polar surface area (TPSA) is 75.2 Å². The first-order valence-corrected chi connectivity index (χ1v) is 9.55. The van der Waals surface area contributed by atoms with Gasteiger partial charge in [0.05, 0.1) is 5.02 Å². The summed E-state index contributed by atoms with van der Waals surface area (Å²) < 4.78 is 0. The van der Waals surface area contributed by atoms with Gasteiger partial charge >= 0.3 is 0 Å². The van der Waals surface area contributed by atoms with Crippen LogP contribution in [0.25, 0.3) is 0 Å². The SMILES string of the molecule is C=CC(=O)Nc1c(C)cc(C(=O)N2CC[C@@H](Cc3ncc(Cl)cn3)C2)cc1C. The number of rotatable bonds is 5. The lowest BCUT2D eigenvalue weighted by atomic mass is 10.0. The van der Waals surface area contributed by atoms with E-state index in [4.69, 9.17) is 11.6 Å². The molecule has 0 saturated carbocycles. The van der Waals surface area contributed by atoms with Gasteiger partial charge in [-0.1, -0.05) is 18.2 Å². The van der Waals surface area contributed by atoms with Crippen LogP contribution in [-0.4, -0.2) is 39.8 Å². The molecule has 146 valence electrons. The highest BCUT2D eigenvalue weighted by atomic mass is 35.5. The molecule has 0 bridgehead atoms. The van der Waals surface area contributed by atoms with Crippen LogP contribution in [0.15, 0.2) is 37.2 Å². The van der Waals surface area contributed by atoms with Crippen molar-refractivity contribution < 1.29 is 9.59 Å². The minimum absolute atomic E-state index is 0.00678. The number of aryl methyl sites for hydroxylation is 2. The first-order chi connectivity index (χ1) is 13.4. The zero-order chi connectivity index (χ0) is 20.3. The average Bonchev–Trinajstić information content (AvgIpc) is 3.14. The van der Waals surface area contributed by atoms with E-state index < -0.39 is 0 Å². The minimum atomic E-state index is -0.267. The van der Waals surface area contributed by atoms with Gasteiger partial charge in [-0.25, -0.2) is 9.97 Å². The van der Waals surface area contributed by atoms with Crippen molar-refractivity contribution in [1.29, 1.82) is 0 Å². The number of nitrogens with zero attached hydrogens (tertiary/aromatic N) is 3. The van der Waals surface area contributed by atoms with Crippen LogP contribution in [0.1, 0.15) is 33.7 Å². The third kappa shape index (κ3) is 4.57. The molecule has 1 aromatic heterocycles. The number of carbonyl (C=O) groups is 2. The molecule has 1 aromatic carbocycles. The summed E-state index contributed by atoms with van der Waals surface area (Å²) in [6.45, 7) is 8.62. The summed E-state index contributed by atoms with van der Waals surface area (Å²) in [5.41, 5.74) is 3.06. The van der Waals surface area contributed by atoms with E-state index in [9.17, 15) is 9.59 Å². The maximum Gasteiger partial charge on any atom is 0.253 e. The smallest absolute Gasteiger partial charge is 0.253 e. The number of likely N-dealkylation sites (tertiary alicyclic amines) is 1. The van der Waals surface area contributed by atoms with Crippen LogP contribution < -0.4 is 5.32 Å². The van der Waals surface area contributed by atoms with Crippen LogP contribution in [0.2, 0.25) is 5.02 Å². The van der Waals surface area contributed by atoms with Crippen LogP contribution in [0.5, 0.6) is 0 Å². The van der Waals surface area contributed by atoms with Crippen molar-refractivity contribution >= 4 is 29.1 Å². The van der Waals surface area contributed by atoms with Gasteiger partial charge in [0.1, 0.15) is 5.82 Å². The summed E-state index contributed by atoms with van der Waals surface area (Å²) in [4.78, 5) is 34.9. The Hall–Kier alpha value is -2.73. The number of nitrogens with one attached hydrogen (secondary N) is 1. The fourth-order valence-corrected chi connectivity index (χ4v) is 3.62. The van der Waals surface area contributed by atoms with Gasteiger partial charge < -0.3 is 10.2 Å². The second-order valence-electron chi connectivity index (χ2n) is 7.11. The van der Waals surface area contributed by atoms with Crippen LogP contribution in [-0.2, 0) is 11.2 Å². The summed E-state index contributed by atoms with van der Waals surface area (Å²) in [6.07, 6.45) is 6.07. The van der Waals surface area contributed by atoms with E-state index in [-0.39, 0.29) is 11.8 Å². The maximum absolute atomic E-state index is 13.0. The molecule has 1 saturated heterocycles. The van der Waals surface area contributed by atoms with E-state index in [1.807, 2.05) is 30.9 Å². The molecule has 1 N–H and O–H groups in total. The quantitative estimate of drug-likeness (QED) is 0.781. The standard InChI is InChI=1S/C21H23ClN4O2/c1-4-19(27)25-20-13(2)7-16(8-14(20)3)21(28)26-6-5-15(12-26)9-18-23-10-17(22)11-24-18/h4,7-8,10-11,15H,1,5-6,9,12H2,2-3H3,(H,25,27)/t15-/m0/s1. The van der Waals surface area contributed by atoms with Crippen molar-refractivity contribution in [2.75, 3.05) is 18.4 Å². The fourth-order valence-electron chi connectivity index (χ4n) is 3.53. The number of benzene rings is 1. The van der Waals surface area contributed by atoms with Crippen molar-refractivity contribution in [3.8, 4) is 0 Å². The van der Waals surface area contributed by atoms with Crippen LogP contribution in [0.3, 0.4) is 0 Å². The Kier molecular flexibility index (Phi) is 6.09. The molecule has 0 unspecified atom stereocenters. The van der Waals surface area contributed by atoms with Crippen molar-refractivity contribution in [1.82, 2.24) is 14.9 Å². The van der Waals surface area contributed by atoms with E-state index in [0.29, 0.717) is 29.6 Å². The number of amides is 2. The summed E-state index contributed by atoms with van der Waals surface area (Å²) in [5, 5.41) is 3.32. The molecule has 0 radical (unpaired) electrons. The Labute approximate surface area is 169 Å². The Bertz CT molecular complexity index is 888. The molecule has 3 rings (SSSR count). The van der Waals surface area contributed by atoms with Gasteiger partial charge in [-0.2, -0.15) is 0 Å². The molecule has 2 aromatic rings. The number of halogens is 1. The number of hydrogen-bond donors (Lipinski definition) is 1. The highest BCUT2D eigenvalue weighted by molar-refractivity contribution is 6.30. The highest BCUT2D eigenvalue weighted by Gasteiger charge is 2.28. The molecule has 7 heteroatoms. The molecule has 1 aliphatic rings. The second-order valence-corrected chi connectivity index (χ2v) is 7.54.